The van der Waals surface area contributed by atoms with Crippen molar-refractivity contribution in [1.29, 1.82) is 0 Å². The molecule has 1 aliphatic heterocycles. The molecule has 4 nitrogen and oxygen atoms in total. The number of esters is 1. The molecule has 0 atom stereocenters. The van der Waals surface area contributed by atoms with Crippen molar-refractivity contribution in [2.75, 3.05) is 14.1 Å². The Morgan fingerprint density at radius 2 is 2.18 bits per heavy atom. The lowest BCUT2D eigenvalue weighted by atomic mass is 10.2. The van der Waals surface area contributed by atoms with Crippen molar-refractivity contribution in [3.63, 3.8) is 0 Å². The molecular formula is C12H11ClN2O2. The van der Waals surface area contributed by atoms with Crippen LogP contribution in [0, 0.1) is 0 Å². The predicted octanol–water partition coefficient (Wildman–Crippen LogP) is 2.05. The fraction of sp³-hybridized carbons (Fsp3) is 0.167. The zero-order valence-corrected chi connectivity index (χ0v) is 10.2. The smallest absolute Gasteiger partial charge is 0.365 e. The number of nitrogens with zero attached hydrogens (tertiary/aromatic N) is 2. The number of carbonyl (C=O) groups excluding carboxylic acids is 1. The van der Waals surface area contributed by atoms with Crippen molar-refractivity contribution >= 4 is 23.5 Å². The van der Waals surface area contributed by atoms with E-state index in [1.54, 1.807) is 35.4 Å². The molecule has 0 aromatic heterocycles. The summed E-state index contributed by atoms with van der Waals surface area (Å²) in [6.45, 7) is 0. The molecule has 0 unspecified atom stereocenters. The van der Waals surface area contributed by atoms with Gasteiger partial charge in [0.05, 0.1) is 0 Å². The van der Waals surface area contributed by atoms with Gasteiger partial charge in [-0.3, -0.25) is 0 Å². The topological polar surface area (TPSA) is 41.9 Å². The van der Waals surface area contributed by atoms with Gasteiger partial charge in [-0.15, -0.1) is 0 Å². The number of halogens is 1. The summed E-state index contributed by atoms with van der Waals surface area (Å²) in [7, 11) is 3.63. The molecule has 0 saturated carbocycles. The highest BCUT2D eigenvalue weighted by atomic mass is 35.5. The minimum Gasteiger partial charge on any atom is -0.402 e. The SMILES string of the molecule is CN(C)/C=C1\N=C(c2cccc(Cl)c2)OC1=O. The lowest BCUT2D eigenvalue weighted by Gasteiger charge is -2.02. The van der Waals surface area contributed by atoms with Gasteiger partial charge in [-0.25, -0.2) is 9.79 Å². The van der Waals surface area contributed by atoms with Crippen LogP contribution in [0.5, 0.6) is 0 Å². The average molecular weight is 251 g/mol. The maximum Gasteiger partial charge on any atom is 0.365 e. The molecule has 17 heavy (non-hydrogen) atoms. The van der Waals surface area contributed by atoms with Gasteiger partial charge >= 0.3 is 5.97 Å². The average Bonchev–Trinajstić information content (AvgIpc) is 2.59. The molecule has 2 rings (SSSR count). The van der Waals surface area contributed by atoms with Gasteiger partial charge in [-0.1, -0.05) is 17.7 Å². The predicted molar refractivity (Wildman–Crippen MR) is 65.9 cm³/mol. The van der Waals surface area contributed by atoms with Crippen LogP contribution in [0.25, 0.3) is 0 Å². The molecule has 0 amide bonds. The first kappa shape index (κ1) is 11.7. The Bertz CT molecular complexity index is 521. The Hall–Kier alpha value is -1.81. The van der Waals surface area contributed by atoms with Crippen LogP contribution in [-0.2, 0) is 9.53 Å². The lowest BCUT2D eigenvalue weighted by Crippen LogP contribution is -2.07. The third-order valence-electron chi connectivity index (χ3n) is 2.07. The second kappa shape index (κ2) is 4.59. The van der Waals surface area contributed by atoms with Gasteiger partial charge < -0.3 is 9.64 Å². The van der Waals surface area contributed by atoms with Crippen molar-refractivity contribution in [1.82, 2.24) is 4.90 Å². The second-order valence-corrected chi connectivity index (χ2v) is 4.23. The molecule has 1 heterocycles. The number of rotatable bonds is 2. The summed E-state index contributed by atoms with van der Waals surface area (Å²) in [6.07, 6.45) is 1.61. The van der Waals surface area contributed by atoms with Crippen LogP contribution >= 0.6 is 11.6 Å². The summed E-state index contributed by atoms with van der Waals surface area (Å²) in [5.74, 6) is -0.167. The fourth-order valence-corrected chi connectivity index (χ4v) is 1.58. The number of hydrogen-bond donors (Lipinski definition) is 0. The molecule has 0 radical (unpaired) electrons. The van der Waals surface area contributed by atoms with E-state index in [0.29, 0.717) is 10.6 Å². The number of benzene rings is 1. The second-order valence-electron chi connectivity index (χ2n) is 3.79. The number of cyclic esters (lactones) is 1. The Labute approximate surface area is 104 Å². The van der Waals surface area contributed by atoms with E-state index in [4.69, 9.17) is 16.3 Å². The molecule has 1 aromatic carbocycles. The minimum atomic E-state index is -0.450. The van der Waals surface area contributed by atoms with Crippen LogP contribution < -0.4 is 0 Å². The molecule has 5 heteroatoms. The van der Waals surface area contributed by atoms with Gasteiger partial charge in [0.1, 0.15) is 0 Å². The largest absolute Gasteiger partial charge is 0.402 e. The Kier molecular flexibility index (Phi) is 3.15. The van der Waals surface area contributed by atoms with E-state index in [1.165, 1.54) is 0 Å². The highest BCUT2D eigenvalue weighted by molar-refractivity contribution is 6.31. The maximum absolute atomic E-state index is 11.5. The van der Waals surface area contributed by atoms with Crippen LogP contribution in [-0.4, -0.2) is 30.9 Å². The van der Waals surface area contributed by atoms with Crippen LogP contribution in [0.2, 0.25) is 5.02 Å². The quantitative estimate of drug-likeness (QED) is 0.596. The highest BCUT2D eigenvalue weighted by Gasteiger charge is 2.24. The standard InChI is InChI=1S/C12H11ClN2O2/c1-15(2)7-10-12(16)17-11(14-10)8-4-3-5-9(13)6-8/h3-7H,1-2H3/b10-7-. The molecule has 88 valence electrons. The van der Waals surface area contributed by atoms with Gasteiger partial charge in [-0.2, -0.15) is 0 Å². The summed E-state index contributed by atoms with van der Waals surface area (Å²) < 4.78 is 5.07. The van der Waals surface area contributed by atoms with Crippen LogP contribution in [0.15, 0.2) is 41.2 Å². The number of hydrogen-bond acceptors (Lipinski definition) is 4. The van der Waals surface area contributed by atoms with Crippen molar-refractivity contribution < 1.29 is 9.53 Å². The van der Waals surface area contributed by atoms with Crippen LogP contribution in [0.1, 0.15) is 5.56 Å². The normalized spacial score (nSPS) is 17.0. The zero-order chi connectivity index (χ0) is 12.4. The highest BCUT2D eigenvalue weighted by Crippen LogP contribution is 2.18. The molecule has 1 aliphatic rings. The molecule has 0 N–H and O–H groups in total. The van der Waals surface area contributed by atoms with E-state index in [9.17, 15) is 4.79 Å². The van der Waals surface area contributed by atoms with E-state index in [1.807, 2.05) is 14.1 Å². The van der Waals surface area contributed by atoms with Gasteiger partial charge in [0.2, 0.25) is 5.90 Å². The number of ether oxygens (including phenoxy) is 1. The first-order chi connectivity index (χ1) is 8.06. The summed E-state index contributed by atoms with van der Waals surface area (Å²) in [5, 5.41) is 0.575. The monoisotopic (exact) mass is 250 g/mol. The number of aliphatic imine (C=N–C) groups is 1. The minimum absolute atomic E-state index is 0.282. The zero-order valence-electron chi connectivity index (χ0n) is 9.48. The molecule has 0 bridgehead atoms. The maximum atomic E-state index is 11.5. The Morgan fingerprint density at radius 3 is 2.82 bits per heavy atom. The van der Waals surface area contributed by atoms with E-state index in [0.717, 1.165) is 0 Å². The number of carbonyl (C=O) groups is 1. The van der Waals surface area contributed by atoms with E-state index < -0.39 is 5.97 Å². The van der Waals surface area contributed by atoms with Crippen LogP contribution in [0.3, 0.4) is 0 Å². The molecule has 0 fully saturated rings. The van der Waals surface area contributed by atoms with E-state index >= 15 is 0 Å². The first-order valence-electron chi connectivity index (χ1n) is 5.01. The summed E-state index contributed by atoms with van der Waals surface area (Å²) in [4.78, 5) is 17.4. The molecule has 1 aromatic rings. The summed E-state index contributed by atoms with van der Waals surface area (Å²) in [5.41, 5.74) is 0.970. The molecule has 0 saturated heterocycles. The first-order valence-corrected chi connectivity index (χ1v) is 5.39. The van der Waals surface area contributed by atoms with Crippen molar-refractivity contribution in [3.05, 3.63) is 46.7 Å². The van der Waals surface area contributed by atoms with Crippen molar-refractivity contribution in [2.24, 2.45) is 4.99 Å². The van der Waals surface area contributed by atoms with Crippen LogP contribution in [0.4, 0.5) is 0 Å². The van der Waals surface area contributed by atoms with E-state index in [2.05, 4.69) is 4.99 Å². The summed E-state index contributed by atoms with van der Waals surface area (Å²) in [6, 6.07) is 7.02. The van der Waals surface area contributed by atoms with Crippen molar-refractivity contribution in [3.8, 4) is 0 Å². The van der Waals surface area contributed by atoms with Gasteiger partial charge in [-0.05, 0) is 18.2 Å². The lowest BCUT2D eigenvalue weighted by molar-refractivity contribution is -0.130. The van der Waals surface area contributed by atoms with Gasteiger partial charge in [0.25, 0.3) is 0 Å². The molecular weight excluding hydrogens is 240 g/mol. The summed E-state index contributed by atoms with van der Waals surface area (Å²) >= 11 is 5.86. The Morgan fingerprint density at radius 1 is 1.41 bits per heavy atom. The Balaban J connectivity index is 2.33. The van der Waals surface area contributed by atoms with Gasteiger partial charge in [0, 0.05) is 30.9 Å². The fourth-order valence-electron chi connectivity index (χ4n) is 1.39. The molecule has 0 spiro atoms. The van der Waals surface area contributed by atoms with Crippen molar-refractivity contribution in [2.45, 2.75) is 0 Å². The van der Waals surface area contributed by atoms with Gasteiger partial charge in [0.15, 0.2) is 5.70 Å². The van der Waals surface area contributed by atoms with E-state index in [-0.39, 0.29) is 11.6 Å². The molecule has 0 aliphatic carbocycles. The third kappa shape index (κ3) is 2.65. The third-order valence-corrected chi connectivity index (χ3v) is 2.31.